The molecule has 0 bridgehead atoms. The van der Waals surface area contributed by atoms with Crippen molar-refractivity contribution in [1.82, 2.24) is 0 Å². The fourth-order valence-corrected chi connectivity index (χ4v) is 3.87. The van der Waals surface area contributed by atoms with Crippen molar-refractivity contribution in [3.05, 3.63) is 102 Å². The van der Waals surface area contributed by atoms with Crippen molar-refractivity contribution in [2.24, 2.45) is 0 Å². The van der Waals surface area contributed by atoms with Crippen LogP contribution < -0.4 is 0 Å². The largest absolute Gasteiger partial charge is 0.508 e. The van der Waals surface area contributed by atoms with Crippen LogP contribution in [0.15, 0.2) is 85.0 Å². The van der Waals surface area contributed by atoms with E-state index in [0.29, 0.717) is 11.7 Å². The summed E-state index contributed by atoms with van der Waals surface area (Å²) in [6.45, 7) is 5.95. The molecule has 1 aliphatic carbocycles. The van der Waals surface area contributed by atoms with Gasteiger partial charge in [-0.05, 0) is 60.1 Å². The lowest BCUT2D eigenvalue weighted by atomic mass is 9.69. The van der Waals surface area contributed by atoms with Gasteiger partial charge in [-0.3, -0.25) is 0 Å². The van der Waals surface area contributed by atoms with E-state index in [0.717, 1.165) is 12.8 Å². The molecular weight excluding hydrogens is 292 g/mol. The summed E-state index contributed by atoms with van der Waals surface area (Å²) in [7, 11) is 0. The Kier molecular flexibility index (Phi) is 5.00. The minimum Gasteiger partial charge on any atom is -0.508 e. The Morgan fingerprint density at radius 2 is 1.96 bits per heavy atom. The SMILES string of the molecule is C=C/C=C(\C=C/C)[C@@H]1c2ccc(O)cc2CC[C@@H]1c1ccccc1. The van der Waals surface area contributed by atoms with E-state index in [1.807, 2.05) is 12.1 Å². The maximum Gasteiger partial charge on any atom is 0.115 e. The van der Waals surface area contributed by atoms with Crippen LogP contribution in [0.25, 0.3) is 0 Å². The van der Waals surface area contributed by atoms with E-state index in [4.69, 9.17) is 0 Å². The van der Waals surface area contributed by atoms with E-state index in [1.54, 1.807) is 6.07 Å². The standard InChI is InChI=1S/C23H24O/c1-3-8-18(9-4-2)23-21(17-10-6-5-7-11-17)14-12-19-16-20(24)13-15-22(19)23/h3-11,13,15-16,21,23-24H,1,12,14H2,2H3/b9-4-,18-8+/t21-,23+/m1/s1. The molecule has 0 amide bonds. The zero-order chi connectivity index (χ0) is 16.9. The van der Waals surface area contributed by atoms with Crippen LogP contribution in [0.1, 0.15) is 41.9 Å². The third-order valence-corrected chi connectivity index (χ3v) is 4.84. The van der Waals surface area contributed by atoms with E-state index >= 15 is 0 Å². The van der Waals surface area contributed by atoms with Gasteiger partial charge in [0.1, 0.15) is 5.75 Å². The maximum absolute atomic E-state index is 9.86. The summed E-state index contributed by atoms with van der Waals surface area (Å²) >= 11 is 0. The van der Waals surface area contributed by atoms with Gasteiger partial charge in [0.15, 0.2) is 0 Å². The van der Waals surface area contributed by atoms with Gasteiger partial charge in [-0.15, -0.1) is 0 Å². The highest BCUT2D eigenvalue weighted by molar-refractivity contribution is 5.49. The Morgan fingerprint density at radius 3 is 2.67 bits per heavy atom. The molecule has 1 nitrogen and oxygen atoms in total. The Labute approximate surface area is 144 Å². The van der Waals surface area contributed by atoms with Gasteiger partial charge in [0.25, 0.3) is 0 Å². The zero-order valence-corrected chi connectivity index (χ0v) is 14.2. The van der Waals surface area contributed by atoms with E-state index in [9.17, 15) is 5.11 Å². The van der Waals surface area contributed by atoms with E-state index in [1.165, 1.54) is 22.3 Å². The Bertz CT molecular complexity index is 768. The zero-order valence-electron chi connectivity index (χ0n) is 14.2. The summed E-state index contributed by atoms with van der Waals surface area (Å²) in [6, 6.07) is 16.6. The van der Waals surface area contributed by atoms with Crippen molar-refractivity contribution in [1.29, 1.82) is 0 Å². The fraction of sp³-hybridized carbons (Fsp3) is 0.217. The molecule has 0 saturated carbocycles. The molecule has 0 heterocycles. The van der Waals surface area contributed by atoms with Crippen molar-refractivity contribution in [3.63, 3.8) is 0 Å². The van der Waals surface area contributed by atoms with Crippen LogP contribution in [0.2, 0.25) is 0 Å². The highest BCUT2D eigenvalue weighted by Gasteiger charge is 2.32. The number of phenols is 1. The van der Waals surface area contributed by atoms with Crippen LogP contribution in [0.4, 0.5) is 0 Å². The molecule has 0 aliphatic heterocycles. The molecule has 2 aromatic rings. The van der Waals surface area contributed by atoms with Crippen molar-refractivity contribution < 1.29 is 5.11 Å². The maximum atomic E-state index is 9.86. The highest BCUT2D eigenvalue weighted by atomic mass is 16.3. The summed E-state index contributed by atoms with van der Waals surface area (Å²) < 4.78 is 0. The fourth-order valence-electron chi connectivity index (χ4n) is 3.87. The summed E-state index contributed by atoms with van der Waals surface area (Å²) in [5, 5.41) is 9.86. The van der Waals surface area contributed by atoms with E-state index in [-0.39, 0.29) is 5.92 Å². The van der Waals surface area contributed by atoms with Crippen LogP contribution in [-0.2, 0) is 6.42 Å². The molecule has 0 aromatic heterocycles. The average Bonchev–Trinajstić information content (AvgIpc) is 2.61. The van der Waals surface area contributed by atoms with E-state index < -0.39 is 0 Å². The molecule has 3 rings (SSSR count). The molecule has 122 valence electrons. The molecule has 24 heavy (non-hydrogen) atoms. The third-order valence-electron chi connectivity index (χ3n) is 4.84. The lowest BCUT2D eigenvalue weighted by molar-refractivity contribution is 0.469. The van der Waals surface area contributed by atoms with Crippen LogP contribution in [0.5, 0.6) is 5.75 Å². The predicted molar refractivity (Wildman–Crippen MR) is 101 cm³/mol. The summed E-state index contributed by atoms with van der Waals surface area (Å²) in [5.41, 5.74) is 5.22. The van der Waals surface area contributed by atoms with Crippen LogP contribution >= 0.6 is 0 Å². The molecule has 1 N–H and O–H groups in total. The molecule has 0 spiro atoms. The Morgan fingerprint density at radius 1 is 1.17 bits per heavy atom. The lowest BCUT2D eigenvalue weighted by Crippen LogP contribution is -2.20. The first-order valence-electron chi connectivity index (χ1n) is 8.56. The lowest BCUT2D eigenvalue weighted by Gasteiger charge is -2.35. The molecule has 1 heteroatoms. The number of allylic oxidation sites excluding steroid dienone is 5. The number of aromatic hydroxyl groups is 1. The summed E-state index contributed by atoms with van der Waals surface area (Å²) in [5.74, 6) is 1.07. The number of rotatable bonds is 4. The molecular formula is C23H24O. The smallest absolute Gasteiger partial charge is 0.115 e. The van der Waals surface area contributed by atoms with Gasteiger partial charge < -0.3 is 5.11 Å². The minimum atomic E-state index is 0.283. The quantitative estimate of drug-likeness (QED) is 0.697. The van der Waals surface area contributed by atoms with Crippen LogP contribution in [-0.4, -0.2) is 5.11 Å². The number of hydrogen-bond acceptors (Lipinski definition) is 1. The monoisotopic (exact) mass is 316 g/mol. The molecule has 0 radical (unpaired) electrons. The molecule has 0 fully saturated rings. The molecule has 2 aromatic carbocycles. The van der Waals surface area contributed by atoms with Gasteiger partial charge in [-0.1, -0.05) is 67.3 Å². The minimum absolute atomic E-state index is 0.283. The number of fused-ring (bicyclic) bond motifs is 1. The van der Waals surface area contributed by atoms with Gasteiger partial charge >= 0.3 is 0 Å². The van der Waals surface area contributed by atoms with Gasteiger partial charge in [-0.25, -0.2) is 0 Å². The molecule has 1 aliphatic rings. The van der Waals surface area contributed by atoms with Gasteiger partial charge in [0, 0.05) is 5.92 Å². The van der Waals surface area contributed by atoms with Crippen molar-refractivity contribution in [2.45, 2.75) is 31.6 Å². The first-order chi connectivity index (χ1) is 11.7. The topological polar surface area (TPSA) is 20.2 Å². The second-order valence-corrected chi connectivity index (χ2v) is 6.32. The van der Waals surface area contributed by atoms with Gasteiger partial charge in [-0.2, -0.15) is 0 Å². The summed E-state index contributed by atoms with van der Waals surface area (Å²) in [6.07, 6.45) is 10.3. The third kappa shape index (κ3) is 3.21. The number of hydrogen-bond donors (Lipinski definition) is 1. The Balaban J connectivity index is 2.15. The van der Waals surface area contributed by atoms with E-state index in [2.05, 4.69) is 68.1 Å². The number of benzene rings is 2. The first kappa shape index (κ1) is 16.3. The van der Waals surface area contributed by atoms with Crippen molar-refractivity contribution >= 4 is 0 Å². The normalized spacial score (nSPS) is 20.8. The molecule has 0 saturated heterocycles. The van der Waals surface area contributed by atoms with Crippen molar-refractivity contribution in [3.8, 4) is 5.75 Å². The van der Waals surface area contributed by atoms with Gasteiger partial charge in [0.2, 0.25) is 0 Å². The van der Waals surface area contributed by atoms with Gasteiger partial charge in [0.05, 0.1) is 0 Å². The van der Waals surface area contributed by atoms with Crippen molar-refractivity contribution in [2.75, 3.05) is 0 Å². The first-order valence-corrected chi connectivity index (χ1v) is 8.56. The molecule has 0 unspecified atom stereocenters. The Hall–Kier alpha value is -2.54. The van der Waals surface area contributed by atoms with Crippen LogP contribution in [0, 0.1) is 0 Å². The second kappa shape index (κ2) is 7.35. The number of phenolic OH excluding ortho intramolecular Hbond substituents is 1. The molecule has 2 atom stereocenters. The summed E-state index contributed by atoms with van der Waals surface area (Å²) in [4.78, 5) is 0. The van der Waals surface area contributed by atoms with Crippen LogP contribution in [0.3, 0.4) is 0 Å². The predicted octanol–water partition coefficient (Wildman–Crippen LogP) is 5.89. The second-order valence-electron chi connectivity index (χ2n) is 6.32. The number of aryl methyl sites for hydroxylation is 1. The average molecular weight is 316 g/mol. The highest BCUT2D eigenvalue weighted by Crippen LogP contribution is 2.47.